The molecular formula is C24H32O3. The predicted molar refractivity (Wildman–Crippen MR) is 111 cm³/mol. The molecule has 0 unspecified atom stereocenters. The van der Waals surface area contributed by atoms with E-state index >= 15 is 0 Å². The van der Waals surface area contributed by atoms with Crippen LogP contribution >= 0.6 is 0 Å². The minimum absolute atomic E-state index is 0.326. The molecule has 0 amide bonds. The Hall–Kier alpha value is -2.29. The average molecular weight is 369 g/mol. The number of aryl methyl sites for hydroxylation is 1. The summed E-state index contributed by atoms with van der Waals surface area (Å²) in [7, 11) is 0. The van der Waals surface area contributed by atoms with Crippen molar-refractivity contribution in [1.29, 1.82) is 0 Å². The fraction of sp³-hybridized carbons (Fsp3) is 0.458. The Morgan fingerprint density at radius 1 is 0.815 bits per heavy atom. The van der Waals surface area contributed by atoms with Gasteiger partial charge in [-0.2, -0.15) is 0 Å². The van der Waals surface area contributed by atoms with E-state index in [9.17, 15) is 4.79 Å². The van der Waals surface area contributed by atoms with Crippen molar-refractivity contribution in [2.24, 2.45) is 0 Å². The number of hydrogen-bond acceptors (Lipinski definition) is 3. The van der Waals surface area contributed by atoms with Crippen molar-refractivity contribution < 1.29 is 14.3 Å². The number of carbonyl (C=O) groups excluding carboxylic acids is 1. The van der Waals surface area contributed by atoms with E-state index in [0.29, 0.717) is 11.3 Å². The van der Waals surface area contributed by atoms with Gasteiger partial charge in [0, 0.05) is 0 Å². The molecule has 146 valence electrons. The van der Waals surface area contributed by atoms with Crippen molar-refractivity contribution in [1.82, 2.24) is 0 Å². The number of hydrogen-bond donors (Lipinski definition) is 0. The van der Waals surface area contributed by atoms with E-state index in [4.69, 9.17) is 9.47 Å². The van der Waals surface area contributed by atoms with Gasteiger partial charge in [-0.25, -0.2) is 4.79 Å². The molecule has 0 fully saturated rings. The highest BCUT2D eigenvalue weighted by atomic mass is 16.5. The standard InChI is InChI=1S/C24H32O3/c1-3-5-7-11-19-26-22-17-15-21(16-18-22)24(25)27-23-14-10-9-13-20(23)12-8-6-4-2/h9-10,13-18H,3-8,11-12,19H2,1-2H3. The quantitative estimate of drug-likeness (QED) is 0.240. The molecule has 0 atom stereocenters. The van der Waals surface area contributed by atoms with E-state index in [0.717, 1.165) is 37.2 Å². The van der Waals surface area contributed by atoms with Crippen LogP contribution in [0.15, 0.2) is 48.5 Å². The van der Waals surface area contributed by atoms with Crippen LogP contribution in [0.25, 0.3) is 0 Å². The number of benzene rings is 2. The maximum absolute atomic E-state index is 12.5. The second kappa shape index (κ2) is 12.2. The first-order valence-corrected chi connectivity index (χ1v) is 10.3. The highest BCUT2D eigenvalue weighted by Gasteiger charge is 2.11. The van der Waals surface area contributed by atoms with Gasteiger partial charge in [0.1, 0.15) is 11.5 Å². The molecule has 0 N–H and O–H groups in total. The summed E-state index contributed by atoms with van der Waals surface area (Å²) >= 11 is 0. The third-order valence-corrected chi connectivity index (χ3v) is 4.58. The van der Waals surface area contributed by atoms with Gasteiger partial charge in [-0.3, -0.25) is 0 Å². The van der Waals surface area contributed by atoms with Crippen molar-refractivity contribution in [2.75, 3.05) is 6.61 Å². The van der Waals surface area contributed by atoms with Gasteiger partial charge in [-0.1, -0.05) is 64.2 Å². The van der Waals surface area contributed by atoms with Crippen molar-refractivity contribution in [2.45, 2.75) is 65.2 Å². The number of rotatable bonds is 12. The summed E-state index contributed by atoms with van der Waals surface area (Å²) < 4.78 is 11.4. The fourth-order valence-electron chi connectivity index (χ4n) is 2.94. The van der Waals surface area contributed by atoms with Crippen molar-refractivity contribution in [3.8, 4) is 11.5 Å². The lowest BCUT2D eigenvalue weighted by Crippen LogP contribution is -2.10. The van der Waals surface area contributed by atoms with Gasteiger partial charge in [0.15, 0.2) is 0 Å². The minimum atomic E-state index is -0.326. The second-order valence-electron chi connectivity index (χ2n) is 6.89. The highest BCUT2D eigenvalue weighted by molar-refractivity contribution is 5.91. The molecule has 0 saturated heterocycles. The maximum atomic E-state index is 12.5. The van der Waals surface area contributed by atoms with Gasteiger partial charge in [0.05, 0.1) is 12.2 Å². The van der Waals surface area contributed by atoms with Gasteiger partial charge in [-0.05, 0) is 55.2 Å². The summed E-state index contributed by atoms with van der Waals surface area (Å²) in [6.45, 7) is 5.10. The van der Waals surface area contributed by atoms with E-state index in [1.807, 2.05) is 36.4 Å². The molecule has 0 aromatic heterocycles. The van der Waals surface area contributed by atoms with Crippen LogP contribution in [-0.4, -0.2) is 12.6 Å². The first kappa shape index (κ1) is 21.0. The highest BCUT2D eigenvalue weighted by Crippen LogP contribution is 2.22. The van der Waals surface area contributed by atoms with Crippen molar-refractivity contribution in [3.63, 3.8) is 0 Å². The van der Waals surface area contributed by atoms with E-state index in [2.05, 4.69) is 13.8 Å². The molecule has 0 aliphatic carbocycles. The zero-order valence-corrected chi connectivity index (χ0v) is 16.7. The lowest BCUT2D eigenvalue weighted by Gasteiger charge is -2.10. The molecule has 0 bridgehead atoms. The summed E-state index contributed by atoms with van der Waals surface area (Å²) in [6.07, 6.45) is 9.12. The zero-order chi connectivity index (χ0) is 19.3. The molecule has 2 rings (SSSR count). The lowest BCUT2D eigenvalue weighted by atomic mass is 10.1. The molecular weight excluding hydrogens is 336 g/mol. The Labute approximate surface area is 163 Å². The van der Waals surface area contributed by atoms with Gasteiger partial charge < -0.3 is 9.47 Å². The molecule has 0 radical (unpaired) electrons. The molecule has 0 aliphatic rings. The minimum Gasteiger partial charge on any atom is -0.494 e. The molecule has 0 spiro atoms. The predicted octanol–water partition coefficient (Wildman–Crippen LogP) is 6.60. The number of ether oxygens (including phenoxy) is 2. The Morgan fingerprint density at radius 3 is 2.26 bits per heavy atom. The fourth-order valence-corrected chi connectivity index (χ4v) is 2.94. The van der Waals surface area contributed by atoms with Crippen molar-refractivity contribution in [3.05, 3.63) is 59.7 Å². The Morgan fingerprint density at radius 2 is 1.52 bits per heavy atom. The molecule has 3 heteroatoms. The Kier molecular flexibility index (Phi) is 9.47. The molecule has 0 aliphatic heterocycles. The molecule has 3 nitrogen and oxygen atoms in total. The average Bonchev–Trinajstić information content (AvgIpc) is 2.70. The van der Waals surface area contributed by atoms with Crippen LogP contribution in [0.1, 0.15) is 74.7 Å². The smallest absolute Gasteiger partial charge is 0.343 e. The molecule has 2 aromatic carbocycles. The van der Waals surface area contributed by atoms with Crippen LogP contribution in [0.3, 0.4) is 0 Å². The molecule has 0 heterocycles. The Balaban J connectivity index is 1.89. The number of para-hydroxylation sites is 1. The van der Waals surface area contributed by atoms with Crippen molar-refractivity contribution >= 4 is 5.97 Å². The SMILES string of the molecule is CCCCCCOc1ccc(C(=O)Oc2ccccc2CCCCC)cc1. The normalized spacial score (nSPS) is 10.6. The van der Waals surface area contributed by atoms with Gasteiger partial charge in [-0.15, -0.1) is 0 Å². The van der Waals surface area contributed by atoms with Crippen LogP contribution in [0.4, 0.5) is 0 Å². The van der Waals surface area contributed by atoms with Crippen LogP contribution in [0.2, 0.25) is 0 Å². The lowest BCUT2D eigenvalue weighted by molar-refractivity contribution is 0.0733. The van der Waals surface area contributed by atoms with E-state index in [1.165, 1.54) is 32.1 Å². The van der Waals surface area contributed by atoms with E-state index < -0.39 is 0 Å². The van der Waals surface area contributed by atoms with Crippen LogP contribution in [0.5, 0.6) is 11.5 Å². The third-order valence-electron chi connectivity index (χ3n) is 4.58. The van der Waals surface area contributed by atoms with Gasteiger partial charge in [0.2, 0.25) is 0 Å². The van der Waals surface area contributed by atoms with Crippen LogP contribution in [0, 0.1) is 0 Å². The Bertz CT molecular complexity index is 676. The number of unbranched alkanes of at least 4 members (excludes halogenated alkanes) is 5. The largest absolute Gasteiger partial charge is 0.494 e. The maximum Gasteiger partial charge on any atom is 0.343 e. The summed E-state index contributed by atoms with van der Waals surface area (Å²) in [5.41, 5.74) is 1.63. The van der Waals surface area contributed by atoms with E-state index in [-0.39, 0.29) is 5.97 Å². The number of carbonyl (C=O) groups is 1. The first-order valence-electron chi connectivity index (χ1n) is 10.3. The van der Waals surface area contributed by atoms with Crippen LogP contribution in [-0.2, 0) is 6.42 Å². The van der Waals surface area contributed by atoms with Gasteiger partial charge in [0.25, 0.3) is 0 Å². The van der Waals surface area contributed by atoms with E-state index in [1.54, 1.807) is 12.1 Å². The first-order chi connectivity index (χ1) is 13.2. The second-order valence-corrected chi connectivity index (χ2v) is 6.89. The topological polar surface area (TPSA) is 35.5 Å². The summed E-state index contributed by atoms with van der Waals surface area (Å²) in [5, 5.41) is 0. The molecule has 0 saturated carbocycles. The molecule has 2 aromatic rings. The summed E-state index contributed by atoms with van der Waals surface area (Å²) in [5.74, 6) is 1.13. The monoisotopic (exact) mass is 368 g/mol. The zero-order valence-electron chi connectivity index (χ0n) is 16.7. The summed E-state index contributed by atoms with van der Waals surface area (Å²) in [4.78, 5) is 12.5. The van der Waals surface area contributed by atoms with Crippen LogP contribution < -0.4 is 9.47 Å². The molecule has 27 heavy (non-hydrogen) atoms. The summed E-state index contributed by atoms with van der Waals surface area (Å²) in [6, 6.07) is 15.0. The third kappa shape index (κ3) is 7.46. The van der Waals surface area contributed by atoms with Gasteiger partial charge >= 0.3 is 5.97 Å². The number of esters is 1.